The van der Waals surface area contributed by atoms with Crippen LogP contribution in [-0.2, 0) is 16.4 Å². The molecule has 1 aromatic heterocycles. The Balaban J connectivity index is 1.66. The maximum atomic E-state index is 13.0. The molecular formula is C20H21N3O3S. The van der Waals surface area contributed by atoms with Crippen molar-refractivity contribution < 1.29 is 12.9 Å². The van der Waals surface area contributed by atoms with Crippen LogP contribution >= 0.6 is 0 Å². The Hall–Kier alpha value is -2.67. The monoisotopic (exact) mass is 383 g/mol. The van der Waals surface area contributed by atoms with E-state index in [4.69, 9.17) is 4.52 Å². The zero-order chi connectivity index (χ0) is 19.0. The van der Waals surface area contributed by atoms with Crippen LogP contribution in [0, 0.1) is 6.92 Å². The van der Waals surface area contributed by atoms with Gasteiger partial charge in [-0.15, -0.1) is 0 Å². The molecule has 140 valence electrons. The Labute approximate surface area is 158 Å². The van der Waals surface area contributed by atoms with Gasteiger partial charge in [-0.05, 0) is 55.5 Å². The van der Waals surface area contributed by atoms with E-state index in [1.54, 1.807) is 25.1 Å². The van der Waals surface area contributed by atoms with Gasteiger partial charge < -0.3 is 4.52 Å². The normalized spacial score (nSPS) is 14.3. The number of hydrogen-bond acceptors (Lipinski definition) is 5. The maximum absolute atomic E-state index is 13.0. The van der Waals surface area contributed by atoms with Crippen LogP contribution in [0.2, 0.25) is 0 Å². The fourth-order valence-corrected chi connectivity index (χ4v) is 4.26. The first-order valence-corrected chi connectivity index (χ1v) is 10.5. The quantitative estimate of drug-likeness (QED) is 0.686. The molecule has 0 aliphatic heterocycles. The van der Waals surface area contributed by atoms with E-state index < -0.39 is 10.0 Å². The summed E-state index contributed by atoms with van der Waals surface area (Å²) in [6, 6.07) is 12.6. The van der Waals surface area contributed by atoms with E-state index in [1.807, 2.05) is 31.2 Å². The lowest BCUT2D eigenvalue weighted by Gasteiger charge is -2.12. The van der Waals surface area contributed by atoms with Crippen LogP contribution in [0.1, 0.15) is 42.7 Å². The van der Waals surface area contributed by atoms with E-state index in [2.05, 4.69) is 14.9 Å². The van der Waals surface area contributed by atoms with Crippen LogP contribution < -0.4 is 4.72 Å². The van der Waals surface area contributed by atoms with Crippen LogP contribution in [0.4, 0.5) is 5.69 Å². The fraction of sp³-hybridized carbons (Fsp3) is 0.300. The molecule has 1 aliphatic rings. The van der Waals surface area contributed by atoms with Gasteiger partial charge in [-0.2, -0.15) is 4.98 Å². The molecule has 7 heteroatoms. The van der Waals surface area contributed by atoms with Gasteiger partial charge in [0.05, 0.1) is 4.90 Å². The molecule has 6 nitrogen and oxygen atoms in total. The Morgan fingerprint density at radius 3 is 2.74 bits per heavy atom. The highest BCUT2D eigenvalue weighted by Gasteiger charge is 2.30. The van der Waals surface area contributed by atoms with Gasteiger partial charge in [-0.1, -0.05) is 36.3 Å². The Bertz CT molecular complexity index is 1090. The molecule has 0 amide bonds. The summed E-state index contributed by atoms with van der Waals surface area (Å²) in [5.41, 5.74) is 2.90. The summed E-state index contributed by atoms with van der Waals surface area (Å²) in [5.74, 6) is 1.40. The molecule has 1 N–H and O–H groups in total. The second-order valence-electron chi connectivity index (χ2n) is 6.87. The van der Waals surface area contributed by atoms with E-state index in [0.717, 1.165) is 24.8 Å². The van der Waals surface area contributed by atoms with E-state index in [1.165, 1.54) is 0 Å². The molecule has 0 unspecified atom stereocenters. The minimum absolute atomic E-state index is 0.208. The van der Waals surface area contributed by atoms with Crippen molar-refractivity contribution in [1.29, 1.82) is 0 Å². The lowest BCUT2D eigenvalue weighted by atomic mass is 10.1. The average Bonchev–Trinajstić information content (AvgIpc) is 3.39. The smallest absolute Gasteiger partial charge is 0.262 e. The first kappa shape index (κ1) is 17.7. The first-order chi connectivity index (χ1) is 13.0. The number of hydrogen-bond donors (Lipinski definition) is 1. The number of sulfonamides is 1. The molecule has 1 aliphatic carbocycles. The lowest BCUT2D eigenvalue weighted by Crippen LogP contribution is -2.14. The van der Waals surface area contributed by atoms with Gasteiger partial charge in [-0.25, -0.2) is 8.42 Å². The fourth-order valence-electron chi connectivity index (χ4n) is 2.94. The van der Waals surface area contributed by atoms with Gasteiger partial charge in [0.2, 0.25) is 11.7 Å². The average molecular weight is 383 g/mol. The molecule has 0 bridgehead atoms. The third kappa shape index (κ3) is 3.73. The predicted octanol–water partition coefficient (Wildman–Crippen LogP) is 4.29. The number of nitrogens with zero attached hydrogens (tertiary/aromatic N) is 2. The number of rotatable bonds is 6. The number of anilines is 1. The van der Waals surface area contributed by atoms with Crippen molar-refractivity contribution >= 4 is 15.7 Å². The molecule has 27 heavy (non-hydrogen) atoms. The molecule has 3 aromatic rings. The number of aryl methyl sites for hydroxylation is 2. The van der Waals surface area contributed by atoms with E-state index in [9.17, 15) is 8.42 Å². The summed E-state index contributed by atoms with van der Waals surface area (Å²) in [5, 5.41) is 4.01. The molecule has 1 fully saturated rings. The summed E-state index contributed by atoms with van der Waals surface area (Å²) in [7, 11) is -3.73. The van der Waals surface area contributed by atoms with Gasteiger partial charge >= 0.3 is 0 Å². The van der Waals surface area contributed by atoms with E-state index in [0.29, 0.717) is 34.4 Å². The van der Waals surface area contributed by atoms with Gasteiger partial charge in [0, 0.05) is 17.2 Å². The summed E-state index contributed by atoms with van der Waals surface area (Å²) < 4.78 is 33.9. The van der Waals surface area contributed by atoms with E-state index in [-0.39, 0.29) is 4.90 Å². The van der Waals surface area contributed by atoms with Crippen molar-refractivity contribution in [3.63, 3.8) is 0 Å². The van der Waals surface area contributed by atoms with Crippen molar-refractivity contribution in [3.8, 4) is 11.4 Å². The molecule has 1 saturated carbocycles. The SMILES string of the molecule is CCc1cccc(NS(=O)(=O)c2cc(-c3noc(C4CC4)n3)ccc2C)c1. The highest BCUT2D eigenvalue weighted by molar-refractivity contribution is 7.92. The zero-order valence-corrected chi connectivity index (χ0v) is 16.1. The van der Waals surface area contributed by atoms with Gasteiger partial charge in [0.15, 0.2) is 0 Å². The maximum Gasteiger partial charge on any atom is 0.262 e. The molecule has 2 aromatic carbocycles. The molecule has 0 saturated heterocycles. The summed E-state index contributed by atoms with van der Waals surface area (Å²) in [6.07, 6.45) is 2.97. The van der Waals surface area contributed by atoms with Crippen molar-refractivity contribution in [2.24, 2.45) is 0 Å². The van der Waals surface area contributed by atoms with Gasteiger partial charge in [0.1, 0.15) is 0 Å². The molecule has 0 spiro atoms. The van der Waals surface area contributed by atoms with E-state index >= 15 is 0 Å². The molecular weight excluding hydrogens is 362 g/mol. The summed E-state index contributed by atoms with van der Waals surface area (Å²) in [6.45, 7) is 3.80. The standard InChI is InChI=1S/C20H21N3O3S/c1-3-14-5-4-6-17(11-14)23-27(24,25)18-12-16(8-7-13(18)2)19-21-20(26-22-19)15-9-10-15/h4-8,11-12,15,23H,3,9-10H2,1-2H3. The third-order valence-electron chi connectivity index (χ3n) is 4.69. The summed E-state index contributed by atoms with van der Waals surface area (Å²) >= 11 is 0. The van der Waals surface area contributed by atoms with Crippen LogP contribution in [0.15, 0.2) is 51.9 Å². The van der Waals surface area contributed by atoms with Gasteiger partial charge in [-0.3, -0.25) is 4.72 Å². The molecule has 0 radical (unpaired) electrons. The highest BCUT2D eigenvalue weighted by atomic mass is 32.2. The number of aromatic nitrogens is 2. The number of nitrogens with one attached hydrogen (secondary N) is 1. The predicted molar refractivity (Wildman–Crippen MR) is 103 cm³/mol. The zero-order valence-electron chi connectivity index (χ0n) is 15.3. The highest BCUT2D eigenvalue weighted by Crippen LogP contribution is 2.39. The minimum Gasteiger partial charge on any atom is -0.339 e. The van der Waals surface area contributed by atoms with Crippen molar-refractivity contribution in [2.75, 3.05) is 4.72 Å². The Morgan fingerprint density at radius 1 is 1.19 bits per heavy atom. The molecule has 0 atom stereocenters. The van der Waals surface area contributed by atoms with Gasteiger partial charge in [0.25, 0.3) is 10.0 Å². The van der Waals surface area contributed by atoms with Crippen LogP contribution in [-0.4, -0.2) is 18.6 Å². The third-order valence-corrected chi connectivity index (χ3v) is 6.21. The summed E-state index contributed by atoms with van der Waals surface area (Å²) in [4.78, 5) is 4.62. The topological polar surface area (TPSA) is 85.1 Å². The minimum atomic E-state index is -3.73. The van der Waals surface area contributed by atoms with Crippen LogP contribution in [0.3, 0.4) is 0 Å². The number of benzene rings is 2. The second kappa shape index (κ2) is 6.81. The van der Waals surface area contributed by atoms with Crippen LogP contribution in [0.25, 0.3) is 11.4 Å². The van der Waals surface area contributed by atoms with Crippen molar-refractivity contribution in [1.82, 2.24) is 10.1 Å². The van der Waals surface area contributed by atoms with Crippen molar-refractivity contribution in [3.05, 3.63) is 59.5 Å². The lowest BCUT2D eigenvalue weighted by molar-refractivity contribution is 0.380. The Kier molecular flexibility index (Phi) is 4.47. The second-order valence-corrected chi connectivity index (χ2v) is 8.52. The van der Waals surface area contributed by atoms with Crippen molar-refractivity contribution in [2.45, 2.75) is 43.9 Å². The Morgan fingerprint density at radius 2 is 2.00 bits per heavy atom. The largest absolute Gasteiger partial charge is 0.339 e. The first-order valence-electron chi connectivity index (χ1n) is 9.02. The van der Waals surface area contributed by atoms with Crippen LogP contribution in [0.5, 0.6) is 0 Å². The molecule has 1 heterocycles. The molecule has 4 rings (SSSR count).